The van der Waals surface area contributed by atoms with Gasteiger partial charge in [-0.3, -0.25) is 4.90 Å². The van der Waals surface area contributed by atoms with Crippen LogP contribution < -0.4 is 0 Å². The van der Waals surface area contributed by atoms with Gasteiger partial charge in [0.15, 0.2) is 5.60 Å². The number of likely N-dealkylation sites (N-methyl/N-ethyl adjacent to an activating group) is 1. The molecule has 224 valence electrons. The zero-order chi connectivity index (χ0) is 28.5. The third-order valence-corrected chi connectivity index (χ3v) is 13.4. The quantitative estimate of drug-likeness (QED) is 0.459. The van der Waals surface area contributed by atoms with E-state index in [0.717, 1.165) is 32.4 Å². The molecule has 2 heterocycles. The molecule has 0 radical (unpaired) electrons. The van der Waals surface area contributed by atoms with Crippen LogP contribution in [0, 0.1) is 34.5 Å². The monoisotopic (exact) mass is 587 g/mol. The maximum atomic E-state index is 14.0. The summed E-state index contributed by atoms with van der Waals surface area (Å²) in [5, 5.41) is 0.586. The number of nitrogens with zero attached hydrogens (tertiary/aromatic N) is 1. The van der Waals surface area contributed by atoms with Crippen LogP contribution >= 0.6 is 11.6 Å². The molecule has 1 aromatic rings. The van der Waals surface area contributed by atoms with Gasteiger partial charge in [0, 0.05) is 62.5 Å². The summed E-state index contributed by atoms with van der Waals surface area (Å²) >= 11 is 6.17. The van der Waals surface area contributed by atoms with E-state index in [1.54, 1.807) is 31.4 Å². The minimum absolute atomic E-state index is 0.0121. The van der Waals surface area contributed by atoms with E-state index in [2.05, 4.69) is 18.7 Å². The Kier molecular flexibility index (Phi) is 5.93. The van der Waals surface area contributed by atoms with Crippen LogP contribution in [-0.4, -0.2) is 93.7 Å². The summed E-state index contributed by atoms with van der Waals surface area (Å²) in [6.07, 6.45) is 3.14. The molecule has 5 saturated carbocycles. The molecule has 2 saturated heterocycles. The third kappa shape index (κ3) is 2.92. The van der Waals surface area contributed by atoms with Crippen LogP contribution in [0.15, 0.2) is 24.3 Å². The Hall–Kier alpha value is -1.26. The number of halogens is 1. The Morgan fingerprint density at radius 3 is 2.59 bits per heavy atom. The van der Waals surface area contributed by atoms with Gasteiger partial charge in [0.2, 0.25) is 0 Å². The number of likely N-dealkylation sites (tertiary alicyclic amines) is 1. The van der Waals surface area contributed by atoms with Gasteiger partial charge in [-0.2, -0.15) is 0 Å². The van der Waals surface area contributed by atoms with Gasteiger partial charge >= 0.3 is 5.97 Å². The number of carbonyl (C=O) groups excluding carboxylic acids is 1. The molecule has 1 aromatic carbocycles. The summed E-state index contributed by atoms with van der Waals surface area (Å²) in [5.74, 6) is 0.355. The van der Waals surface area contributed by atoms with Gasteiger partial charge in [-0.25, -0.2) is 4.79 Å². The van der Waals surface area contributed by atoms with Gasteiger partial charge in [-0.05, 0) is 61.4 Å². The van der Waals surface area contributed by atoms with Gasteiger partial charge in [-0.15, -0.1) is 0 Å². The maximum absolute atomic E-state index is 14.0. The number of ether oxygens (including phenoxy) is 6. The number of benzene rings is 1. The number of rotatable bonds is 6. The SMILES string of the molecule is CCN1C[C@]2(C)CC[C@H](OC)[C@@]34C1[C@@]1(OCO[C@@]15C[C@H](OC)[C@H]1C[C@@H]3[C@@H]5[C@H]1OC)[C@@H](OC(=O)c1ccc(Cl)cc1)[C@H]24. The summed E-state index contributed by atoms with van der Waals surface area (Å²) in [6.45, 7) is 6.66. The van der Waals surface area contributed by atoms with Crippen LogP contribution in [-0.2, 0) is 28.4 Å². The van der Waals surface area contributed by atoms with Crippen molar-refractivity contribution < 1.29 is 33.2 Å². The fourth-order valence-corrected chi connectivity index (χ4v) is 12.5. The van der Waals surface area contributed by atoms with Gasteiger partial charge in [0.1, 0.15) is 18.5 Å². The highest BCUT2D eigenvalue weighted by Gasteiger charge is 2.94. The molecule has 9 heteroatoms. The molecule has 8 rings (SSSR count). The van der Waals surface area contributed by atoms with E-state index in [1.165, 1.54) is 0 Å². The number of fused-ring (bicyclic) bond motifs is 1. The van der Waals surface area contributed by atoms with Gasteiger partial charge in [0.05, 0.1) is 29.9 Å². The summed E-state index contributed by atoms with van der Waals surface area (Å²) in [7, 11) is 5.51. The number of piperidine rings is 1. The second-order valence-electron chi connectivity index (χ2n) is 14.0. The number of esters is 1. The van der Waals surface area contributed by atoms with Crippen molar-refractivity contribution in [1.82, 2.24) is 4.90 Å². The highest BCUT2D eigenvalue weighted by Crippen LogP contribution is 2.82. The Morgan fingerprint density at radius 2 is 1.90 bits per heavy atom. The Labute approximate surface area is 247 Å². The Balaban J connectivity index is 1.40. The van der Waals surface area contributed by atoms with Gasteiger partial charge < -0.3 is 28.4 Å². The summed E-state index contributed by atoms with van der Waals surface area (Å²) in [4.78, 5) is 16.7. The number of methoxy groups -OCH3 is 3. The first-order valence-corrected chi connectivity index (χ1v) is 15.7. The normalized spacial score (nSPS) is 52.4. The largest absolute Gasteiger partial charge is 0.455 e. The molecule has 3 spiro atoms. The number of hydrogen-bond acceptors (Lipinski definition) is 8. The minimum atomic E-state index is -0.876. The van der Waals surface area contributed by atoms with Gasteiger partial charge in [-0.1, -0.05) is 25.4 Å². The van der Waals surface area contributed by atoms with Crippen LogP contribution in [0.5, 0.6) is 0 Å². The van der Waals surface area contributed by atoms with E-state index >= 15 is 0 Å². The predicted octanol–water partition coefficient (Wildman–Crippen LogP) is 4.18. The lowest BCUT2D eigenvalue weighted by molar-refractivity contribution is -0.282. The summed E-state index contributed by atoms with van der Waals surface area (Å²) in [5.41, 5.74) is -1.45. The zero-order valence-corrected chi connectivity index (χ0v) is 25.4. The molecule has 0 aromatic heterocycles. The van der Waals surface area contributed by atoms with E-state index in [1.807, 2.05) is 14.2 Å². The fourth-order valence-electron chi connectivity index (χ4n) is 12.3. The lowest BCUT2D eigenvalue weighted by atomic mass is 9.43. The molecule has 1 unspecified atom stereocenters. The number of carbonyl (C=O) groups is 1. The molecule has 13 atom stereocenters. The first kappa shape index (κ1) is 27.3. The molecule has 2 aliphatic heterocycles. The van der Waals surface area contributed by atoms with Crippen LogP contribution in [0.25, 0.3) is 0 Å². The zero-order valence-electron chi connectivity index (χ0n) is 24.6. The second-order valence-corrected chi connectivity index (χ2v) is 14.4. The molecule has 0 amide bonds. The van der Waals surface area contributed by atoms with E-state index in [-0.39, 0.29) is 71.6 Å². The first-order valence-electron chi connectivity index (χ1n) is 15.3. The van der Waals surface area contributed by atoms with Crippen molar-refractivity contribution in [3.63, 3.8) is 0 Å². The van der Waals surface area contributed by atoms with E-state index in [0.29, 0.717) is 17.0 Å². The minimum Gasteiger partial charge on any atom is -0.455 e. The van der Waals surface area contributed by atoms with Crippen LogP contribution in [0.1, 0.15) is 49.9 Å². The molecule has 7 fully saturated rings. The fraction of sp³-hybridized carbons (Fsp3) is 0.781. The summed E-state index contributed by atoms with van der Waals surface area (Å²) in [6, 6.07) is 6.96. The third-order valence-electron chi connectivity index (χ3n) is 13.1. The van der Waals surface area contributed by atoms with Crippen LogP contribution in [0.2, 0.25) is 5.02 Å². The van der Waals surface area contributed by atoms with Gasteiger partial charge in [0.25, 0.3) is 0 Å². The van der Waals surface area contributed by atoms with Crippen molar-refractivity contribution >= 4 is 17.6 Å². The van der Waals surface area contributed by atoms with Crippen molar-refractivity contribution in [3.05, 3.63) is 34.9 Å². The van der Waals surface area contributed by atoms with Crippen molar-refractivity contribution in [1.29, 1.82) is 0 Å². The molecule has 41 heavy (non-hydrogen) atoms. The van der Waals surface area contributed by atoms with Crippen LogP contribution in [0.3, 0.4) is 0 Å². The Bertz CT molecular complexity index is 1250. The predicted molar refractivity (Wildman–Crippen MR) is 150 cm³/mol. The molecule has 5 aliphatic carbocycles. The van der Waals surface area contributed by atoms with Crippen molar-refractivity contribution in [3.8, 4) is 0 Å². The highest BCUT2D eigenvalue weighted by atomic mass is 35.5. The lowest BCUT2D eigenvalue weighted by Gasteiger charge is -2.69. The molecular weight excluding hydrogens is 546 g/mol. The van der Waals surface area contributed by atoms with Crippen molar-refractivity contribution in [2.45, 2.75) is 81.2 Å². The maximum Gasteiger partial charge on any atom is 0.338 e. The van der Waals surface area contributed by atoms with E-state index < -0.39 is 17.3 Å². The Morgan fingerprint density at radius 1 is 1.12 bits per heavy atom. The van der Waals surface area contributed by atoms with Crippen molar-refractivity contribution in [2.24, 2.45) is 34.5 Å². The summed E-state index contributed by atoms with van der Waals surface area (Å²) < 4.78 is 40.0. The van der Waals surface area contributed by atoms with Crippen LogP contribution in [0.4, 0.5) is 0 Å². The first-order chi connectivity index (χ1) is 19.8. The van der Waals surface area contributed by atoms with E-state index in [4.69, 9.17) is 40.0 Å². The smallest absolute Gasteiger partial charge is 0.338 e. The average molecular weight is 588 g/mol. The standard InChI is InChI=1S/C32H42ClNO7/c1-6-34-15-29(2)12-11-22(37-4)31-20-13-19-21(36-3)14-30(23(20)24(19)38-5)32(28(31)34,40-16-39-30)26(25(29)31)41-27(35)17-7-9-18(33)10-8-17/h7-10,19-26,28H,6,11-16H2,1-5H3/t19-,20-,21+,22+,23-,24+,25-,26+,28?,29+,30-,31+,32+/m1/s1. The van der Waals surface area contributed by atoms with E-state index in [9.17, 15) is 4.79 Å². The second kappa shape index (κ2) is 8.90. The molecule has 0 N–H and O–H groups in total. The topological polar surface area (TPSA) is 75.7 Å². The average Bonchev–Trinajstić information content (AvgIpc) is 3.56. The molecule has 7 bridgehead atoms. The molecule has 7 aliphatic rings. The molecular formula is C32H42ClNO7. The van der Waals surface area contributed by atoms with Crippen molar-refractivity contribution in [2.75, 3.05) is 41.2 Å². The highest BCUT2D eigenvalue weighted by molar-refractivity contribution is 6.30. The number of hydrogen-bond donors (Lipinski definition) is 0. The lowest BCUT2D eigenvalue weighted by Crippen LogP contribution is -2.81. The molecule has 8 nitrogen and oxygen atoms in total.